The largest absolute Gasteiger partial charge is 0.481 e. The van der Waals surface area contributed by atoms with Crippen LogP contribution in [0, 0.1) is 0 Å². The van der Waals surface area contributed by atoms with Crippen molar-refractivity contribution in [3.63, 3.8) is 0 Å². The zero-order valence-corrected chi connectivity index (χ0v) is 19.7. The predicted molar refractivity (Wildman–Crippen MR) is 125 cm³/mol. The molecule has 0 bridgehead atoms. The quantitative estimate of drug-likeness (QED) is 0.135. The van der Waals surface area contributed by atoms with E-state index in [0.717, 1.165) is 12.8 Å². The van der Waals surface area contributed by atoms with Crippen LogP contribution >= 0.6 is 11.8 Å². The highest BCUT2D eigenvalue weighted by Crippen LogP contribution is 2.13. The number of carboxylic acids is 1. The van der Waals surface area contributed by atoms with Crippen LogP contribution in [0.4, 0.5) is 0 Å². The summed E-state index contributed by atoms with van der Waals surface area (Å²) in [7, 11) is 0. The van der Waals surface area contributed by atoms with Crippen molar-refractivity contribution in [3.05, 3.63) is 0 Å². The molecule has 0 saturated heterocycles. The molecule has 0 aromatic rings. The highest BCUT2D eigenvalue weighted by Gasteiger charge is 2.03. The van der Waals surface area contributed by atoms with Crippen LogP contribution in [0.1, 0.15) is 122 Å². The first kappa shape index (κ1) is 28.3. The van der Waals surface area contributed by atoms with Crippen molar-refractivity contribution in [1.82, 2.24) is 0 Å². The van der Waals surface area contributed by atoms with Crippen molar-refractivity contribution in [3.8, 4) is 0 Å². The summed E-state index contributed by atoms with van der Waals surface area (Å²) in [6.07, 6.45) is 21.9. The molecule has 0 atom stereocenters. The lowest BCUT2D eigenvalue weighted by atomic mass is 10.0. The number of carbonyl (C=O) groups is 2. The number of unbranched alkanes of at least 4 members (excludes halogenated alkanes) is 15. The molecule has 0 aliphatic carbocycles. The Labute approximate surface area is 183 Å². The zero-order valence-electron chi connectivity index (χ0n) is 18.9. The van der Waals surface area contributed by atoms with Gasteiger partial charge in [-0.2, -0.15) is 11.8 Å². The molecule has 0 fully saturated rings. The van der Waals surface area contributed by atoms with Gasteiger partial charge in [0, 0.05) is 11.5 Å². The van der Waals surface area contributed by atoms with Crippen LogP contribution in [0.3, 0.4) is 0 Å². The molecule has 4 nitrogen and oxygen atoms in total. The van der Waals surface area contributed by atoms with Crippen molar-refractivity contribution in [2.45, 2.75) is 122 Å². The average Bonchev–Trinajstić information content (AvgIpc) is 2.69. The van der Waals surface area contributed by atoms with Gasteiger partial charge in [0.15, 0.2) is 0 Å². The number of hydrogen-bond acceptors (Lipinski definition) is 4. The maximum Gasteiger partial charge on any atom is 0.306 e. The van der Waals surface area contributed by atoms with E-state index < -0.39 is 5.97 Å². The maximum absolute atomic E-state index is 11.5. The third-order valence-corrected chi connectivity index (χ3v) is 6.16. The molecule has 5 heteroatoms. The molecule has 0 aliphatic rings. The second-order valence-corrected chi connectivity index (χ2v) is 9.25. The molecule has 0 unspecified atom stereocenters. The van der Waals surface area contributed by atoms with Crippen LogP contribution in [0.2, 0.25) is 0 Å². The minimum absolute atomic E-state index is 0.152. The highest BCUT2D eigenvalue weighted by atomic mass is 32.2. The van der Waals surface area contributed by atoms with E-state index in [0.29, 0.717) is 24.5 Å². The Morgan fingerprint density at radius 1 is 0.655 bits per heavy atom. The number of ether oxygens (including phenoxy) is 1. The normalized spacial score (nSPS) is 10.9. The standard InChI is InChI=1S/C24H46O4S/c1-2-3-4-5-6-7-8-9-10-11-12-13-14-15-16-17-20-28-24(27)19-22-29-21-18-23(25)26/h2-22H2,1H3,(H,25,26). The Kier molecular flexibility index (Phi) is 23.0. The van der Waals surface area contributed by atoms with Gasteiger partial charge in [-0.25, -0.2) is 0 Å². The monoisotopic (exact) mass is 430 g/mol. The third kappa shape index (κ3) is 25.3. The minimum atomic E-state index is -0.788. The molecule has 29 heavy (non-hydrogen) atoms. The summed E-state index contributed by atoms with van der Waals surface area (Å²) >= 11 is 1.49. The fourth-order valence-electron chi connectivity index (χ4n) is 3.33. The van der Waals surface area contributed by atoms with Crippen molar-refractivity contribution in [2.75, 3.05) is 18.1 Å². The summed E-state index contributed by atoms with van der Waals surface area (Å²) in [5.41, 5.74) is 0. The van der Waals surface area contributed by atoms with Crippen LogP contribution in [-0.2, 0) is 14.3 Å². The molecule has 0 aliphatic heterocycles. The van der Waals surface area contributed by atoms with Crippen LogP contribution in [0.5, 0.6) is 0 Å². The summed E-state index contributed by atoms with van der Waals surface area (Å²) in [6, 6.07) is 0. The van der Waals surface area contributed by atoms with Crippen LogP contribution in [0.15, 0.2) is 0 Å². The molecule has 0 aromatic heterocycles. The Hall–Kier alpha value is -0.710. The fourth-order valence-corrected chi connectivity index (χ4v) is 4.16. The number of carboxylic acid groups (broad SMARTS) is 1. The lowest BCUT2D eigenvalue weighted by molar-refractivity contribution is -0.143. The summed E-state index contributed by atoms with van der Waals surface area (Å²) in [5, 5.41) is 8.53. The van der Waals surface area contributed by atoms with Crippen molar-refractivity contribution < 1.29 is 19.4 Å². The Morgan fingerprint density at radius 2 is 1.07 bits per heavy atom. The Morgan fingerprint density at radius 3 is 1.52 bits per heavy atom. The molecule has 0 saturated carbocycles. The first-order chi connectivity index (χ1) is 14.2. The van der Waals surface area contributed by atoms with Gasteiger partial charge in [-0.1, -0.05) is 103 Å². The fraction of sp³-hybridized carbons (Fsp3) is 0.917. The first-order valence-corrected chi connectivity index (χ1v) is 13.3. The van der Waals surface area contributed by atoms with Gasteiger partial charge in [0.1, 0.15) is 0 Å². The number of aliphatic carboxylic acids is 1. The molecule has 0 aromatic carbocycles. The lowest BCUT2D eigenvalue weighted by Crippen LogP contribution is -2.07. The van der Waals surface area contributed by atoms with Gasteiger partial charge in [0.2, 0.25) is 0 Å². The predicted octanol–water partition coefficient (Wildman–Crippen LogP) is 7.39. The van der Waals surface area contributed by atoms with E-state index in [1.165, 1.54) is 102 Å². The molecule has 0 spiro atoms. The summed E-state index contributed by atoms with van der Waals surface area (Å²) in [6.45, 7) is 2.80. The number of esters is 1. The van der Waals surface area contributed by atoms with E-state index in [-0.39, 0.29) is 12.4 Å². The van der Waals surface area contributed by atoms with Crippen LogP contribution < -0.4 is 0 Å². The van der Waals surface area contributed by atoms with E-state index in [1.54, 1.807) is 0 Å². The van der Waals surface area contributed by atoms with Crippen molar-refractivity contribution in [2.24, 2.45) is 0 Å². The van der Waals surface area contributed by atoms with Gasteiger partial charge < -0.3 is 9.84 Å². The van der Waals surface area contributed by atoms with Gasteiger partial charge in [0.05, 0.1) is 19.4 Å². The minimum Gasteiger partial charge on any atom is -0.481 e. The number of rotatable bonds is 23. The van der Waals surface area contributed by atoms with Crippen LogP contribution in [0.25, 0.3) is 0 Å². The molecular formula is C24H46O4S. The SMILES string of the molecule is CCCCCCCCCCCCCCCCCCOC(=O)CCSCCC(=O)O. The number of hydrogen-bond donors (Lipinski definition) is 1. The molecule has 0 amide bonds. The zero-order chi connectivity index (χ0) is 21.4. The summed E-state index contributed by atoms with van der Waals surface area (Å²) in [4.78, 5) is 21.9. The maximum atomic E-state index is 11.5. The van der Waals surface area contributed by atoms with Gasteiger partial charge in [-0.15, -0.1) is 0 Å². The average molecular weight is 431 g/mol. The van der Waals surface area contributed by atoms with Crippen LogP contribution in [-0.4, -0.2) is 35.2 Å². The molecule has 0 radical (unpaired) electrons. The first-order valence-electron chi connectivity index (χ1n) is 12.1. The second-order valence-electron chi connectivity index (χ2n) is 8.03. The highest BCUT2D eigenvalue weighted by molar-refractivity contribution is 7.99. The lowest BCUT2D eigenvalue weighted by Gasteiger charge is -2.05. The van der Waals surface area contributed by atoms with Crippen molar-refractivity contribution >= 4 is 23.7 Å². The summed E-state index contributed by atoms with van der Waals surface area (Å²) < 4.78 is 5.22. The molecule has 0 heterocycles. The van der Waals surface area contributed by atoms with Gasteiger partial charge in [-0.3, -0.25) is 9.59 Å². The molecule has 1 N–H and O–H groups in total. The third-order valence-electron chi connectivity index (χ3n) is 5.17. The number of carbonyl (C=O) groups excluding carboxylic acids is 1. The van der Waals surface area contributed by atoms with Gasteiger partial charge >= 0.3 is 11.9 Å². The molecule has 172 valence electrons. The Bertz CT molecular complexity index is 374. The Balaban J connectivity index is 3.12. The summed E-state index contributed by atoms with van der Waals surface area (Å²) in [5.74, 6) is 0.254. The van der Waals surface area contributed by atoms with E-state index in [4.69, 9.17) is 9.84 Å². The van der Waals surface area contributed by atoms with E-state index in [1.807, 2.05) is 0 Å². The van der Waals surface area contributed by atoms with Crippen molar-refractivity contribution in [1.29, 1.82) is 0 Å². The van der Waals surface area contributed by atoms with Gasteiger partial charge in [0.25, 0.3) is 0 Å². The number of thioether (sulfide) groups is 1. The van der Waals surface area contributed by atoms with E-state index in [2.05, 4.69) is 6.92 Å². The van der Waals surface area contributed by atoms with E-state index in [9.17, 15) is 9.59 Å². The van der Waals surface area contributed by atoms with Gasteiger partial charge in [-0.05, 0) is 6.42 Å². The van der Waals surface area contributed by atoms with E-state index >= 15 is 0 Å². The topological polar surface area (TPSA) is 63.6 Å². The molecule has 0 rings (SSSR count). The molecular weight excluding hydrogens is 384 g/mol. The smallest absolute Gasteiger partial charge is 0.306 e. The second kappa shape index (κ2) is 23.6.